The van der Waals surface area contributed by atoms with Crippen LogP contribution >= 0.6 is 0 Å². The number of fused-ring (bicyclic) bond motifs is 1. The molecule has 4 atom stereocenters. The van der Waals surface area contributed by atoms with Gasteiger partial charge in [0.05, 0.1) is 17.0 Å². The summed E-state index contributed by atoms with van der Waals surface area (Å²) < 4.78 is 12.8. The number of hydrogen-bond donors (Lipinski definition) is 0. The summed E-state index contributed by atoms with van der Waals surface area (Å²) in [5.74, 6) is -0.793. The Morgan fingerprint density at radius 1 is 0.595 bits per heavy atom. The SMILES string of the molecule is Cc1ccccc1[C@H]1c2ccccc2[C@H](C)C(OC(=O)c2cccc(C(C)C)c2)C1OC(=O)c1cccc(C(C)C)c1. The Morgan fingerprint density at radius 2 is 1.07 bits per heavy atom. The van der Waals surface area contributed by atoms with Crippen molar-refractivity contribution in [2.45, 2.75) is 77.4 Å². The van der Waals surface area contributed by atoms with E-state index in [2.05, 4.69) is 65.8 Å². The Balaban J connectivity index is 1.60. The topological polar surface area (TPSA) is 52.6 Å². The monoisotopic (exact) mass is 560 g/mol. The third-order valence-corrected chi connectivity index (χ3v) is 8.55. The molecule has 1 aliphatic rings. The normalized spacial score (nSPS) is 19.8. The molecular weight excluding hydrogens is 520 g/mol. The maximum atomic E-state index is 13.8. The molecule has 0 heterocycles. The van der Waals surface area contributed by atoms with Crippen LogP contribution in [0.2, 0.25) is 0 Å². The van der Waals surface area contributed by atoms with Crippen LogP contribution in [-0.2, 0) is 9.47 Å². The number of hydrogen-bond acceptors (Lipinski definition) is 4. The highest BCUT2D eigenvalue weighted by Crippen LogP contribution is 2.46. The lowest BCUT2D eigenvalue weighted by molar-refractivity contribution is -0.0532. The van der Waals surface area contributed by atoms with Gasteiger partial charge in [0, 0.05) is 5.92 Å². The van der Waals surface area contributed by atoms with Crippen molar-refractivity contribution in [3.05, 3.63) is 142 Å². The second-order valence-electron chi connectivity index (χ2n) is 12.1. The van der Waals surface area contributed by atoms with Gasteiger partial charge in [-0.3, -0.25) is 0 Å². The number of ether oxygens (including phenoxy) is 2. The van der Waals surface area contributed by atoms with E-state index in [0.717, 1.165) is 33.4 Å². The van der Waals surface area contributed by atoms with Crippen LogP contribution in [0.15, 0.2) is 97.1 Å². The lowest BCUT2D eigenvalue weighted by Gasteiger charge is -2.42. The van der Waals surface area contributed by atoms with E-state index in [1.54, 1.807) is 12.1 Å². The van der Waals surface area contributed by atoms with Gasteiger partial charge in [-0.2, -0.15) is 0 Å². The number of aryl methyl sites for hydroxylation is 1. The van der Waals surface area contributed by atoms with Crippen LogP contribution in [-0.4, -0.2) is 24.1 Å². The van der Waals surface area contributed by atoms with E-state index >= 15 is 0 Å². The molecule has 5 rings (SSSR count). The largest absolute Gasteiger partial charge is 0.454 e. The number of esters is 2. The zero-order chi connectivity index (χ0) is 30.0. The predicted octanol–water partition coefficient (Wildman–Crippen LogP) is 8.94. The van der Waals surface area contributed by atoms with Crippen LogP contribution in [0.3, 0.4) is 0 Å². The number of carbonyl (C=O) groups excluding carboxylic acids is 2. The van der Waals surface area contributed by atoms with Gasteiger partial charge in [0.1, 0.15) is 6.10 Å². The average molecular weight is 561 g/mol. The van der Waals surface area contributed by atoms with E-state index in [-0.39, 0.29) is 23.7 Å². The molecule has 42 heavy (non-hydrogen) atoms. The van der Waals surface area contributed by atoms with E-state index in [1.807, 2.05) is 60.7 Å². The lowest BCUT2D eigenvalue weighted by Crippen LogP contribution is -2.46. The number of rotatable bonds is 7. The summed E-state index contributed by atoms with van der Waals surface area (Å²) in [4.78, 5) is 27.5. The smallest absolute Gasteiger partial charge is 0.338 e. The third-order valence-electron chi connectivity index (χ3n) is 8.55. The zero-order valence-corrected chi connectivity index (χ0v) is 25.3. The minimum atomic E-state index is -0.733. The second-order valence-corrected chi connectivity index (χ2v) is 12.1. The van der Waals surface area contributed by atoms with E-state index < -0.39 is 24.1 Å². The molecule has 0 aromatic heterocycles. The highest BCUT2D eigenvalue weighted by molar-refractivity contribution is 5.91. The van der Waals surface area contributed by atoms with Crippen LogP contribution in [0, 0.1) is 6.92 Å². The molecular formula is C38H40O4. The van der Waals surface area contributed by atoms with Gasteiger partial charge in [0.25, 0.3) is 0 Å². The first-order chi connectivity index (χ1) is 20.2. The van der Waals surface area contributed by atoms with Crippen LogP contribution in [0.4, 0.5) is 0 Å². The van der Waals surface area contributed by atoms with Gasteiger partial charge in [-0.25, -0.2) is 9.59 Å². The van der Waals surface area contributed by atoms with Gasteiger partial charge in [-0.15, -0.1) is 0 Å². The van der Waals surface area contributed by atoms with Crippen molar-refractivity contribution in [1.82, 2.24) is 0 Å². The van der Waals surface area contributed by atoms with Crippen molar-refractivity contribution in [2.75, 3.05) is 0 Å². The van der Waals surface area contributed by atoms with E-state index in [9.17, 15) is 9.59 Å². The molecule has 4 aromatic carbocycles. The Labute approximate surface area is 249 Å². The Hall–Kier alpha value is -4.18. The molecule has 0 N–H and O–H groups in total. The summed E-state index contributed by atoms with van der Waals surface area (Å²) in [6.45, 7) is 12.5. The summed E-state index contributed by atoms with van der Waals surface area (Å²) >= 11 is 0. The summed E-state index contributed by atoms with van der Waals surface area (Å²) in [5.41, 5.74) is 7.43. The minimum absolute atomic E-state index is 0.196. The molecule has 2 unspecified atom stereocenters. The Kier molecular flexibility index (Phi) is 8.63. The first-order valence-corrected chi connectivity index (χ1v) is 14.9. The molecule has 0 fully saturated rings. The van der Waals surface area contributed by atoms with Gasteiger partial charge >= 0.3 is 11.9 Å². The molecule has 0 spiro atoms. The van der Waals surface area contributed by atoms with Crippen molar-refractivity contribution in [3.63, 3.8) is 0 Å². The molecule has 4 aromatic rings. The molecule has 0 radical (unpaired) electrons. The highest BCUT2D eigenvalue weighted by Gasteiger charge is 2.47. The van der Waals surface area contributed by atoms with E-state index in [0.29, 0.717) is 11.1 Å². The predicted molar refractivity (Wildman–Crippen MR) is 167 cm³/mol. The molecule has 216 valence electrons. The van der Waals surface area contributed by atoms with E-state index in [4.69, 9.17) is 9.47 Å². The van der Waals surface area contributed by atoms with E-state index in [1.165, 1.54) is 0 Å². The fraction of sp³-hybridized carbons (Fsp3) is 0.316. The van der Waals surface area contributed by atoms with Crippen molar-refractivity contribution in [2.24, 2.45) is 0 Å². The van der Waals surface area contributed by atoms with Gasteiger partial charge in [0.2, 0.25) is 0 Å². The lowest BCUT2D eigenvalue weighted by atomic mass is 9.70. The van der Waals surface area contributed by atoms with Gasteiger partial charge in [0.15, 0.2) is 6.10 Å². The maximum Gasteiger partial charge on any atom is 0.338 e. The van der Waals surface area contributed by atoms with Crippen molar-refractivity contribution in [3.8, 4) is 0 Å². The highest BCUT2D eigenvalue weighted by atomic mass is 16.6. The summed E-state index contributed by atoms with van der Waals surface area (Å²) in [5, 5.41) is 0. The van der Waals surface area contributed by atoms with Gasteiger partial charge in [-0.05, 0) is 76.4 Å². The first-order valence-electron chi connectivity index (χ1n) is 14.9. The minimum Gasteiger partial charge on any atom is -0.454 e. The molecule has 1 aliphatic carbocycles. The summed E-state index contributed by atoms with van der Waals surface area (Å²) in [7, 11) is 0. The maximum absolute atomic E-state index is 13.8. The molecule has 4 nitrogen and oxygen atoms in total. The van der Waals surface area contributed by atoms with Crippen molar-refractivity contribution >= 4 is 11.9 Å². The van der Waals surface area contributed by atoms with Crippen molar-refractivity contribution in [1.29, 1.82) is 0 Å². The van der Waals surface area contributed by atoms with Gasteiger partial charge < -0.3 is 9.47 Å². The molecule has 0 bridgehead atoms. The average Bonchev–Trinajstić information content (AvgIpc) is 3.00. The first kappa shape index (κ1) is 29.3. The van der Waals surface area contributed by atoms with Crippen LogP contribution in [0.25, 0.3) is 0 Å². The van der Waals surface area contributed by atoms with Crippen molar-refractivity contribution < 1.29 is 19.1 Å². The van der Waals surface area contributed by atoms with Crippen LogP contribution in [0.5, 0.6) is 0 Å². The molecule has 0 saturated carbocycles. The van der Waals surface area contributed by atoms with Crippen LogP contribution < -0.4 is 0 Å². The summed E-state index contributed by atoms with van der Waals surface area (Å²) in [6, 6.07) is 31.6. The third kappa shape index (κ3) is 5.90. The zero-order valence-electron chi connectivity index (χ0n) is 25.3. The number of carbonyl (C=O) groups is 2. The number of benzene rings is 4. The van der Waals surface area contributed by atoms with Gasteiger partial charge in [-0.1, -0.05) is 107 Å². The molecule has 4 heteroatoms. The quantitative estimate of drug-likeness (QED) is 0.212. The molecule has 0 saturated heterocycles. The fourth-order valence-electron chi connectivity index (χ4n) is 6.05. The fourth-order valence-corrected chi connectivity index (χ4v) is 6.05. The Bertz CT molecular complexity index is 1580. The standard InChI is InChI=1S/C38H40O4/c1-23(2)27-14-11-16-29(21-27)37(39)41-35-26(6)32-19-9-10-20-33(32)34(31-18-8-7-13-25(31)5)36(35)42-38(40)30-17-12-15-28(22-30)24(3)4/h7-24,26,34-36H,1-6H3/t26-,34-,35?,36?/m0/s1. The molecule has 0 amide bonds. The Morgan fingerprint density at radius 3 is 1.60 bits per heavy atom. The van der Waals surface area contributed by atoms with Crippen LogP contribution in [0.1, 0.15) is 112 Å². The second kappa shape index (κ2) is 12.4. The molecule has 0 aliphatic heterocycles. The summed E-state index contributed by atoms with van der Waals surface area (Å²) in [6.07, 6.45) is -1.43.